The molecule has 2 N–H and O–H groups in total. The zero-order valence-corrected chi connectivity index (χ0v) is 13.6. The van der Waals surface area contributed by atoms with Crippen molar-refractivity contribution in [1.29, 1.82) is 0 Å². The second-order valence-electron chi connectivity index (χ2n) is 5.89. The fourth-order valence-electron chi connectivity index (χ4n) is 2.70. The molecule has 116 valence electrons. The van der Waals surface area contributed by atoms with E-state index in [2.05, 4.69) is 0 Å². The first-order chi connectivity index (χ1) is 9.58. The molecule has 0 spiro atoms. The van der Waals surface area contributed by atoms with Crippen LogP contribution >= 0.6 is 0 Å². The monoisotopic (exact) mass is 311 g/mol. The van der Waals surface area contributed by atoms with Gasteiger partial charge in [0.1, 0.15) is 5.54 Å². The standard InChI is InChI=1S/C14H21N3O3S/c1-10-9-11(15)5-6-12(10)21(19,20)17-8-7-16(4)13(18)14(17,2)3/h5-6,9H,7-8,15H2,1-4H3. The second-order valence-corrected chi connectivity index (χ2v) is 7.72. The highest BCUT2D eigenvalue weighted by molar-refractivity contribution is 7.89. The summed E-state index contributed by atoms with van der Waals surface area (Å²) in [5.41, 5.74) is 5.67. The van der Waals surface area contributed by atoms with Crippen LogP contribution in [0.4, 0.5) is 5.69 Å². The summed E-state index contributed by atoms with van der Waals surface area (Å²) >= 11 is 0. The summed E-state index contributed by atoms with van der Waals surface area (Å²) in [4.78, 5) is 14.0. The Bertz CT molecular complexity index is 683. The predicted octanol–water partition coefficient (Wildman–Crippen LogP) is 0.819. The van der Waals surface area contributed by atoms with E-state index in [-0.39, 0.29) is 17.3 Å². The molecule has 0 atom stereocenters. The summed E-state index contributed by atoms with van der Waals surface area (Å²) in [5.74, 6) is -0.203. The van der Waals surface area contributed by atoms with E-state index in [1.54, 1.807) is 44.9 Å². The molecule has 0 radical (unpaired) electrons. The van der Waals surface area contributed by atoms with Gasteiger partial charge in [-0.05, 0) is 44.5 Å². The Kier molecular flexibility index (Phi) is 3.75. The molecule has 1 saturated heterocycles. The second kappa shape index (κ2) is 4.99. The zero-order valence-electron chi connectivity index (χ0n) is 12.8. The first kappa shape index (κ1) is 15.8. The molecule has 1 aromatic rings. The minimum absolute atomic E-state index is 0.196. The van der Waals surface area contributed by atoms with Crippen molar-refractivity contribution in [2.24, 2.45) is 0 Å². The SMILES string of the molecule is Cc1cc(N)ccc1S(=O)(=O)N1CCN(C)C(=O)C1(C)C. The molecule has 6 nitrogen and oxygen atoms in total. The van der Waals surface area contributed by atoms with Gasteiger partial charge in [-0.15, -0.1) is 0 Å². The van der Waals surface area contributed by atoms with E-state index in [0.29, 0.717) is 17.8 Å². The number of nitrogen functional groups attached to an aromatic ring is 1. The molecule has 1 aliphatic rings. The van der Waals surface area contributed by atoms with Gasteiger partial charge in [-0.25, -0.2) is 8.42 Å². The molecule has 0 unspecified atom stereocenters. The molecule has 1 aliphatic heterocycles. The molecule has 0 bridgehead atoms. The summed E-state index contributed by atoms with van der Waals surface area (Å²) in [6.07, 6.45) is 0. The third kappa shape index (κ3) is 2.51. The molecular weight excluding hydrogens is 290 g/mol. The van der Waals surface area contributed by atoms with Crippen molar-refractivity contribution >= 4 is 21.6 Å². The summed E-state index contributed by atoms with van der Waals surface area (Å²) in [6.45, 7) is 5.63. The van der Waals surface area contributed by atoms with Gasteiger partial charge >= 0.3 is 0 Å². The Morgan fingerprint density at radius 3 is 2.43 bits per heavy atom. The van der Waals surface area contributed by atoms with Crippen molar-refractivity contribution in [2.75, 3.05) is 25.9 Å². The van der Waals surface area contributed by atoms with Crippen molar-refractivity contribution in [3.63, 3.8) is 0 Å². The lowest BCUT2D eigenvalue weighted by molar-refractivity contribution is -0.142. The van der Waals surface area contributed by atoms with E-state index in [9.17, 15) is 13.2 Å². The number of sulfonamides is 1. The van der Waals surface area contributed by atoms with Gasteiger partial charge in [0.05, 0.1) is 4.90 Å². The van der Waals surface area contributed by atoms with E-state index < -0.39 is 15.6 Å². The molecule has 0 aliphatic carbocycles. The van der Waals surface area contributed by atoms with E-state index in [0.717, 1.165) is 0 Å². The highest BCUT2D eigenvalue weighted by atomic mass is 32.2. The van der Waals surface area contributed by atoms with Crippen molar-refractivity contribution in [1.82, 2.24) is 9.21 Å². The molecule has 21 heavy (non-hydrogen) atoms. The van der Waals surface area contributed by atoms with Gasteiger partial charge in [0.25, 0.3) is 0 Å². The molecular formula is C14H21N3O3S. The first-order valence-corrected chi connectivity index (χ1v) is 8.17. The largest absolute Gasteiger partial charge is 0.399 e. The number of piperazine rings is 1. The van der Waals surface area contributed by atoms with Crippen LogP contribution in [0.5, 0.6) is 0 Å². The van der Waals surface area contributed by atoms with Crippen LogP contribution in [0.15, 0.2) is 23.1 Å². The molecule has 0 aromatic heterocycles. The van der Waals surface area contributed by atoms with Gasteiger partial charge in [-0.1, -0.05) is 0 Å². The number of amides is 1. The number of carbonyl (C=O) groups excluding carboxylic acids is 1. The molecule has 2 rings (SSSR count). The van der Waals surface area contributed by atoms with Gasteiger partial charge in [-0.2, -0.15) is 4.31 Å². The maximum absolute atomic E-state index is 12.9. The minimum atomic E-state index is -3.74. The number of hydrogen-bond donors (Lipinski definition) is 1. The van der Waals surface area contributed by atoms with Crippen molar-refractivity contribution < 1.29 is 13.2 Å². The predicted molar refractivity (Wildman–Crippen MR) is 81.2 cm³/mol. The molecule has 1 heterocycles. The first-order valence-electron chi connectivity index (χ1n) is 6.73. The van der Waals surface area contributed by atoms with Crippen LogP contribution < -0.4 is 5.73 Å². The molecule has 0 saturated carbocycles. The maximum atomic E-state index is 12.9. The smallest absolute Gasteiger partial charge is 0.244 e. The lowest BCUT2D eigenvalue weighted by Crippen LogP contribution is -2.63. The van der Waals surface area contributed by atoms with Gasteiger partial charge in [0.15, 0.2) is 0 Å². The quantitative estimate of drug-likeness (QED) is 0.820. The Labute approximate surface area is 125 Å². The van der Waals surface area contributed by atoms with Crippen LogP contribution in [-0.4, -0.2) is 49.2 Å². The minimum Gasteiger partial charge on any atom is -0.399 e. The summed E-state index contributed by atoms with van der Waals surface area (Å²) in [6, 6.07) is 4.68. The Hall–Kier alpha value is -1.60. The highest BCUT2D eigenvalue weighted by Gasteiger charge is 2.47. The molecule has 1 fully saturated rings. The number of hydrogen-bond acceptors (Lipinski definition) is 4. The van der Waals surface area contributed by atoms with E-state index >= 15 is 0 Å². The number of aryl methyl sites for hydroxylation is 1. The van der Waals surface area contributed by atoms with Crippen LogP contribution in [0.3, 0.4) is 0 Å². The summed E-state index contributed by atoms with van der Waals surface area (Å²) in [7, 11) is -2.06. The average Bonchev–Trinajstić information content (AvgIpc) is 2.35. The number of nitrogens with zero attached hydrogens (tertiary/aromatic N) is 2. The normalized spacial score (nSPS) is 19.8. The van der Waals surface area contributed by atoms with Gasteiger partial charge in [-0.3, -0.25) is 4.79 Å². The highest BCUT2D eigenvalue weighted by Crippen LogP contribution is 2.30. The number of nitrogens with two attached hydrogens (primary N) is 1. The van der Waals surface area contributed by atoms with Crippen LogP contribution in [-0.2, 0) is 14.8 Å². The number of rotatable bonds is 2. The summed E-state index contributed by atoms with van der Waals surface area (Å²) < 4.78 is 27.1. The van der Waals surface area contributed by atoms with Crippen molar-refractivity contribution in [3.8, 4) is 0 Å². The van der Waals surface area contributed by atoms with Crippen molar-refractivity contribution in [2.45, 2.75) is 31.2 Å². The molecule has 7 heteroatoms. The van der Waals surface area contributed by atoms with E-state index in [1.165, 1.54) is 10.4 Å². The molecule has 1 aromatic carbocycles. The van der Waals surface area contributed by atoms with Crippen molar-refractivity contribution in [3.05, 3.63) is 23.8 Å². The Morgan fingerprint density at radius 2 is 1.86 bits per heavy atom. The van der Waals surface area contributed by atoms with Crippen LogP contribution in [0.2, 0.25) is 0 Å². The average molecular weight is 311 g/mol. The number of anilines is 1. The zero-order chi connectivity index (χ0) is 16.0. The Balaban J connectivity index is 2.51. The van der Waals surface area contributed by atoms with Crippen LogP contribution in [0.1, 0.15) is 19.4 Å². The third-order valence-electron chi connectivity index (χ3n) is 3.90. The van der Waals surface area contributed by atoms with Crippen LogP contribution in [0.25, 0.3) is 0 Å². The maximum Gasteiger partial charge on any atom is 0.244 e. The topological polar surface area (TPSA) is 83.7 Å². The van der Waals surface area contributed by atoms with Gasteiger partial charge in [0, 0.05) is 25.8 Å². The fraction of sp³-hybridized carbons (Fsp3) is 0.500. The van der Waals surface area contributed by atoms with Gasteiger partial charge < -0.3 is 10.6 Å². The Morgan fingerprint density at radius 1 is 1.24 bits per heavy atom. The summed E-state index contributed by atoms with van der Waals surface area (Å²) in [5, 5.41) is 0. The van der Waals surface area contributed by atoms with Gasteiger partial charge in [0.2, 0.25) is 15.9 Å². The number of carbonyl (C=O) groups is 1. The lowest BCUT2D eigenvalue weighted by Gasteiger charge is -2.43. The lowest BCUT2D eigenvalue weighted by atomic mass is 10.0. The third-order valence-corrected chi connectivity index (χ3v) is 6.13. The number of likely N-dealkylation sites (N-methyl/N-ethyl adjacent to an activating group) is 1. The molecule has 1 amide bonds. The number of benzene rings is 1. The fourth-order valence-corrected chi connectivity index (χ4v) is 4.64. The van der Waals surface area contributed by atoms with Crippen LogP contribution in [0, 0.1) is 6.92 Å². The van der Waals surface area contributed by atoms with E-state index in [4.69, 9.17) is 5.73 Å². The van der Waals surface area contributed by atoms with E-state index in [1.807, 2.05) is 0 Å².